The molecule has 2 aliphatic rings. The highest BCUT2D eigenvalue weighted by molar-refractivity contribution is 5.88. The van der Waals surface area contributed by atoms with Gasteiger partial charge in [0, 0.05) is 44.4 Å². The number of alkyl halides is 3. The molecule has 9 nitrogen and oxygen atoms in total. The fraction of sp³-hybridized carbons (Fsp3) is 0.558. The Hall–Kier alpha value is -4.07. The van der Waals surface area contributed by atoms with Crippen LogP contribution in [0.4, 0.5) is 17.6 Å². The molecule has 2 saturated heterocycles. The molecule has 2 aliphatic heterocycles. The van der Waals surface area contributed by atoms with Crippen LogP contribution in [-0.2, 0) is 12.7 Å². The summed E-state index contributed by atoms with van der Waals surface area (Å²) in [5.41, 5.74) is 0.942. The van der Waals surface area contributed by atoms with Gasteiger partial charge in [0.05, 0.1) is 23.3 Å². The summed E-state index contributed by atoms with van der Waals surface area (Å²) in [4.78, 5) is 12.4. The van der Waals surface area contributed by atoms with Crippen LogP contribution in [0.5, 0.6) is 28.7 Å². The van der Waals surface area contributed by atoms with Crippen LogP contribution in [0.1, 0.15) is 71.3 Å². The van der Waals surface area contributed by atoms with E-state index in [0.717, 1.165) is 114 Å². The van der Waals surface area contributed by atoms with Gasteiger partial charge >= 0.3 is 6.18 Å². The van der Waals surface area contributed by atoms with Gasteiger partial charge in [-0.2, -0.15) is 13.2 Å². The van der Waals surface area contributed by atoms with Crippen molar-refractivity contribution in [2.45, 2.75) is 78.4 Å². The van der Waals surface area contributed by atoms with Crippen molar-refractivity contribution in [2.75, 3.05) is 78.7 Å². The summed E-state index contributed by atoms with van der Waals surface area (Å²) in [7, 11) is 0. The Morgan fingerprint density at radius 2 is 1.32 bits per heavy atom. The number of aromatic nitrogens is 2. The van der Waals surface area contributed by atoms with E-state index < -0.39 is 17.6 Å². The highest BCUT2D eigenvalue weighted by Gasteiger charge is 2.34. The van der Waals surface area contributed by atoms with Crippen LogP contribution in [0.25, 0.3) is 22.4 Å². The zero-order chi connectivity index (χ0) is 39.5. The zero-order valence-electron chi connectivity index (χ0n) is 33.1. The first-order valence-electron chi connectivity index (χ1n) is 20.5. The number of fused-ring (bicyclic) bond motifs is 1. The first kappa shape index (κ1) is 41.6. The SMILES string of the molecule is CCCCn1c(-c2ccc(Oc3ccc(F)c(C(F)(F)F)c3)cc2OCCN2CCCC2)nc2c(OCCN3CCCC3)cc(OCCCN(CC)CC)cc21. The van der Waals surface area contributed by atoms with Crippen molar-refractivity contribution in [3.63, 3.8) is 0 Å². The molecule has 3 heterocycles. The second kappa shape index (κ2) is 19.9. The first-order chi connectivity index (χ1) is 27.2. The van der Waals surface area contributed by atoms with Crippen LogP contribution in [0.3, 0.4) is 0 Å². The lowest BCUT2D eigenvalue weighted by Crippen LogP contribution is -2.25. The van der Waals surface area contributed by atoms with Crippen LogP contribution in [0, 0.1) is 5.82 Å². The molecule has 0 spiro atoms. The number of benzene rings is 3. The van der Waals surface area contributed by atoms with Gasteiger partial charge in [-0.3, -0.25) is 9.80 Å². The number of hydrogen-bond donors (Lipinski definition) is 0. The molecular weight excluding hydrogens is 726 g/mol. The van der Waals surface area contributed by atoms with Crippen LogP contribution in [-0.4, -0.2) is 103 Å². The van der Waals surface area contributed by atoms with E-state index in [1.54, 1.807) is 12.1 Å². The molecule has 0 radical (unpaired) electrons. The fourth-order valence-corrected chi connectivity index (χ4v) is 7.50. The van der Waals surface area contributed by atoms with Gasteiger partial charge in [0.25, 0.3) is 0 Å². The van der Waals surface area contributed by atoms with Gasteiger partial charge in [-0.1, -0.05) is 27.2 Å². The van der Waals surface area contributed by atoms with Gasteiger partial charge in [-0.15, -0.1) is 0 Å². The minimum absolute atomic E-state index is 0.134. The minimum Gasteiger partial charge on any atom is -0.493 e. The number of rotatable bonds is 21. The Labute approximate surface area is 328 Å². The molecule has 0 amide bonds. The zero-order valence-corrected chi connectivity index (χ0v) is 33.1. The van der Waals surface area contributed by atoms with Crippen LogP contribution < -0.4 is 18.9 Å². The van der Waals surface area contributed by atoms with E-state index in [-0.39, 0.29) is 11.5 Å². The van der Waals surface area contributed by atoms with Gasteiger partial charge in [0.1, 0.15) is 53.4 Å². The molecule has 306 valence electrons. The summed E-state index contributed by atoms with van der Waals surface area (Å²) >= 11 is 0. The topological polar surface area (TPSA) is 64.5 Å². The van der Waals surface area contributed by atoms with E-state index >= 15 is 0 Å². The summed E-state index contributed by atoms with van der Waals surface area (Å²) in [6, 6.07) is 11.8. The van der Waals surface area contributed by atoms with Gasteiger partial charge < -0.3 is 28.4 Å². The quantitative estimate of drug-likeness (QED) is 0.0612. The summed E-state index contributed by atoms with van der Waals surface area (Å²) < 4.78 is 82.2. The third kappa shape index (κ3) is 10.9. The lowest BCUT2D eigenvalue weighted by atomic mass is 10.1. The minimum atomic E-state index is -4.86. The predicted molar refractivity (Wildman–Crippen MR) is 212 cm³/mol. The average Bonchev–Trinajstić information content (AvgIpc) is 3.97. The molecule has 3 aromatic carbocycles. The molecule has 1 aromatic heterocycles. The Kier molecular flexibility index (Phi) is 14.7. The molecule has 56 heavy (non-hydrogen) atoms. The number of unbranched alkanes of at least 4 members (excludes halogenated alkanes) is 1. The Morgan fingerprint density at radius 1 is 0.696 bits per heavy atom. The van der Waals surface area contributed by atoms with Gasteiger partial charge in [0.15, 0.2) is 5.75 Å². The van der Waals surface area contributed by atoms with Crippen LogP contribution in [0.15, 0.2) is 48.5 Å². The second-order valence-electron chi connectivity index (χ2n) is 14.7. The van der Waals surface area contributed by atoms with Crippen LogP contribution >= 0.6 is 0 Å². The lowest BCUT2D eigenvalue weighted by molar-refractivity contribution is -0.140. The maximum atomic E-state index is 14.1. The summed E-state index contributed by atoms with van der Waals surface area (Å²) in [6.45, 7) is 17.4. The first-order valence-corrected chi connectivity index (χ1v) is 20.5. The number of aryl methyl sites for hydroxylation is 1. The van der Waals surface area contributed by atoms with Gasteiger partial charge in [-0.25, -0.2) is 9.37 Å². The van der Waals surface area contributed by atoms with Gasteiger partial charge in [-0.05, 0) is 108 Å². The smallest absolute Gasteiger partial charge is 0.419 e. The van der Waals surface area contributed by atoms with E-state index in [2.05, 4.69) is 40.0 Å². The Balaban J connectivity index is 1.37. The van der Waals surface area contributed by atoms with E-state index in [9.17, 15) is 17.6 Å². The molecule has 2 fully saturated rings. The monoisotopic (exact) mass is 783 g/mol. The largest absolute Gasteiger partial charge is 0.493 e. The summed E-state index contributed by atoms with van der Waals surface area (Å²) in [6.07, 6.45) is 2.61. The molecule has 6 rings (SSSR count). The highest BCUT2D eigenvalue weighted by atomic mass is 19.4. The molecule has 0 N–H and O–H groups in total. The second-order valence-corrected chi connectivity index (χ2v) is 14.7. The normalized spacial score (nSPS) is 15.4. The van der Waals surface area contributed by atoms with E-state index in [4.69, 9.17) is 23.9 Å². The third-order valence-electron chi connectivity index (χ3n) is 10.7. The standard InChI is InChI=1S/C43H57F4N5O4/c1-4-7-22-52-38-29-34(53-25-12-21-49(5-2)6-3)31-40(55-27-24-51-19-10-11-20-51)41(38)48-42(52)35-15-13-33(30-39(35)54-26-23-50-17-8-9-18-50)56-32-14-16-37(44)36(28-32)43(45,46)47/h13-16,28-31H,4-12,17-27H2,1-3H3. The molecule has 0 bridgehead atoms. The van der Waals surface area contributed by atoms with Gasteiger partial charge in [0.2, 0.25) is 0 Å². The number of nitrogens with zero attached hydrogens (tertiary/aromatic N) is 5. The van der Waals surface area contributed by atoms with E-state index in [1.807, 2.05) is 18.2 Å². The molecule has 4 aromatic rings. The number of halogens is 4. The molecular formula is C43H57F4N5O4. The van der Waals surface area contributed by atoms with Crippen molar-refractivity contribution in [3.8, 4) is 40.1 Å². The summed E-state index contributed by atoms with van der Waals surface area (Å²) in [5, 5.41) is 0. The lowest BCUT2D eigenvalue weighted by Gasteiger charge is -2.18. The average molecular weight is 784 g/mol. The Bertz CT molecular complexity index is 1850. The van der Waals surface area contributed by atoms with Crippen molar-refractivity contribution in [3.05, 3.63) is 59.9 Å². The maximum absolute atomic E-state index is 14.1. The number of likely N-dealkylation sites (tertiary alicyclic amines) is 2. The number of hydrogen-bond acceptors (Lipinski definition) is 8. The third-order valence-corrected chi connectivity index (χ3v) is 10.7. The van der Waals surface area contributed by atoms with Crippen molar-refractivity contribution in [1.82, 2.24) is 24.3 Å². The number of ether oxygens (including phenoxy) is 4. The molecule has 0 aliphatic carbocycles. The Morgan fingerprint density at radius 3 is 1.96 bits per heavy atom. The van der Waals surface area contributed by atoms with Crippen molar-refractivity contribution in [2.24, 2.45) is 0 Å². The van der Waals surface area contributed by atoms with Crippen LogP contribution in [0.2, 0.25) is 0 Å². The molecule has 0 saturated carbocycles. The molecule has 0 atom stereocenters. The molecule has 0 unspecified atom stereocenters. The summed E-state index contributed by atoms with van der Waals surface area (Å²) in [5.74, 6) is 1.31. The highest BCUT2D eigenvalue weighted by Crippen LogP contribution is 2.41. The predicted octanol–water partition coefficient (Wildman–Crippen LogP) is 9.51. The fourth-order valence-electron chi connectivity index (χ4n) is 7.50. The van der Waals surface area contributed by atoms with Crippen molar-refractivity contribution < 1.29 is 36.5 Å². The van der Waals surface area contributed by atoms with E-state index in [0.29, 0.717) is 55.3 Å². The maximum Gasteiger partial charge on any atom is 0.419 e. The van der Waals surface area contributed by atoms with Crippen molar-refractivity contribution >= 4 is 11.0 Å². The molecule has 13 heteroatoms. The van der Waals surface area contributed by atoms with E-state index in [1.165, 1.54) is 18.9 Å². The van der Waals surface area contributed by atoms with Crippen molar-refractivity contribution in [1.29, 1.82) is 0 Å². The number of imidazole rings is 1.